The van der Waals surface area contributed by atoms with E-state index in [1.54, 1.807) is 12.1 Å². The predicted molar refractivity (Wildman–Crippen MR) is 99.8 cm³/mol. The zero-order chi connectivity index (χ0) is 17.6. The van der Waals surface area contributed by atoms with E-state index >= 15 is 0 Å². The number of hydrogen-bond donors (Lipinski definition) is 1. The van der Waals surface area contributed by atoms with Gasteiger partial charge in [0.1, 0.15) is 5.75 Å². The molecule has 2 aromatic carbocycles. The number of carbonyl (C=O) groups is 1. The third-order valence-corrected chi connectivity index (χ3v) is 4.45. The molecule has 2 aromatic rings. The number of carbonyl (C=O) groups excluding carboxylic acids is 1. The van der Waals surface area contributed by atoms with Gasteiger partial charge in [-0.25, -0.2) is 0 Å². The van der Waals surface area contributed by atoms with Crippen LogP contribution in [-0.4, -0.2) is 38.8 Å². The number of benzene rings is 2. The van der Waals surface area contributed by atoms with Crippen LogP contribution in [0.5, 0.6) is 5.75 Å². The first-order valence-electron chi connectivity index (χ1n) is 8.23. The molecule has 1 aliphatic heterocycles. The molecule has 1 aliphatic rings. The Kier molecular flexibility index (Phi) is 5.79. The van der Waals surface area contributed by atoms with Crippen LogP contribution in [0.15, 0.2) is 42.5 Å². The summed E-state index contributed by atoms with van der Waals surface area (Å²) in [5.74, 6) is 0.423. The van der Waals surface area contributed by atoms with Crippen molar-refractivity contribution in [2.24, 2.45) is 0 Å². The third kappa shape index (κ3) is 4.87. The second-order valence-electron chi connectivity index (χ2n) is 5.89. The Morgan fingerprint density at radius 2 is 1.92 bits per heavy atom. The van der Waals surface area contributed by atoms with Crippen LogP contribution < -0.4 is 15.0 Å². The molecular weight excluding hydrogens is 340 g/mol. The number of nitrogens with zero attached hydrogens (tertiary/aromatic N) is 1. The molecule has 3 rings (SSSR count). The first kappa shape index (κ1) is 17.6. The van der Waals surface area contributed by atoms with Crippen LogP contribution in [0.3, 0.4) is 0 Å². The van der Waals surface area contributed by atoms with Gasteiger partial charge >= 0.3 is 0 Å². The number of anilines is 2. The molecule has 1 saturated heterocycles. The monoisotopic (exact) mass is 360 g/mol. The van der Waals surface area contributed by atoms with E-state index in [1.165, 1.54) is 0 Å². The summed E-state index contributed by atoms with van der Waals surface area (Å²) in [7, 11) is 0. The molecule has 0 radical (unpaired) electrons. The molecular formula is C19H21ClN2O3. The van der Waals surface area contributed by atoms with Gasteiger partial charge in [-0.15, -0.1) is 0 Å². The summed E-state index contributed by atoms with van der Waals surface area (Å²) in [6.07, 6.45) is 0. The maximum atomic E-state index is 12.0. The van der Waals surface area contributed by atoms with Crippen LogP contribution in [0.4, 0.5) is 11.4 Å². The number of aryl methyl sites for hydroxylation is 1. The Morgan fingerprint density at radius 1 is 1.20 bits per heavy atom. The third-order valence-electron chi connectivity index (χ3n) is 4.03. The first-order chi connectivity index (χ1) is 12.1. The molecule has 6 heteroatoms. The van der Waals surface area contributed by atoms with E-state index in [9.17, 15) is 4.79 Å². The van der Waals surface area contributed by atoms with Crippen LogP contribution in [0, 0.1) is 6.92 Å². The minimum Gasteiger partial charge on any atom is -0.484 e. The Balaban J connectivity index is 1.51. The highest BCUT2D eigenvalue weighted by Crippen LogP contribution is 2.21. The average Bonchev–Trinajstić information content (AvgIpc) is 2.64. The van der Waals surface area contributed by atoms with Gasteiger partial charge in [-0.3, -0.25) is 4.79 Å². The van der Waals surface area contributed by atoms with Crippen LogP contribution in [0.25, 0.3) is 0 Å². The fourth-order valence-electron chi connectivity index (χ4n) is 2.63. The lowest BCUT2D eigenvalue weighted by Crippen LogP contribution is -2.36. The number of morpholine rings is 1. The molecule has 0 aromatic heterocycles. The summed E-state index contributed by atoms with van der Waals surface area (Å²) < 4.78 is 10.9. The quantitative estimate of drug-likeness (QED) is 0.886. The van der Waals surface area contributed by atoms with E-state index in [0.717, 1.165) is 43.2 Å². The molecule has 5 nitrogen and oxygen atoms in total. The zero-order valence-corrected chi connectivity index (χ0v) is 14.9. The average molecular weight is 361 g/mol. The largest absolute Gasteiger partial charge is 0.484 e. The molecule has 1 N–H and O–H groups in total. The van der Waals surface area contributed by atoms with Gasteiger partial charge in [-0.1, -0.05) is 11.6 Å². The van der Waals surface area contributed by atoms with E-state index < -0.39 is 0 Å². The van der Waals surface area contributed by atoms with Crippen LogP contribution >= 0.6 is 11.6 Å². The summed E-state index contributed by atoms with van der Waals surface area (Å²) >= 11 is 5.97. The first-order valence-corrected chi connectivity index (χ1v) is 8.61. The lowest BCUT2D eigenvalue weighted by atomic mass is 10.2. The van der Waals surface area contributed by atoms with Gasteiger partial charge in [0.05, 0.1) is 13.2 Å². The second-order valence-corrected chi connectivity index (χ2v) is 6.30. The van der Waals surface area contributed by atoms with Crippen molar-refractivity contribution in [2.75, 3.05) is 43.1 Å². The number of halogens is 1. The van der Waals surface area contributed by atoms with Gasteiger partial charge in [0.25, 0.3) is 5.91 Å². The van der Waals surface area contributed by atoms with Crippen LogP contribution in [0.2, 0.25) is 5.02 Å². The highest BCUT2D eigenvalue weighted by molar-refractivity contribution is 6.31. The molecule has 132 valence electrons. The SMILES string of the molecule is Cc1cc(OCC(=O)Nc2ccc(N3CCOCC3)cc2)ccc1Cl. The number of rotatable bonds is 5. The maximum Gasteiger partial charge on any atom is 0.262 e. The maximum absolute atomic E-state index is 12.0. The highest BCUT2D eigenvalue weighted by Gasteiger charge is 2.11. The number of amides is 1. The van der Waals surface area contributed by atoms with Gasteiger partial charge < -0.3 is 19.7 Å². The fraction of sp³-hybridized carbons (Fsp3) is 0.316. The Hall–Kier alpha value is -2.24. The van der Waals surface area contributed by atoms with E-state index in [4.69, 9.17) is 21.1 Å². The zero-order valence-electron chi connectivity index (χ0n) is 14.1. The van der Waals surface area contributed by atoms with Crippen LogP contribution in [-0.2, 0) is 9.53 Å². The molecule has 1 amide bonds. The van der Waals surface area contributed by atoms with Crippen molar-refractivity contribution in [3.63, 3.8) is 0 Å². The van der Waals surface area contributed by atoms with Crippen LogP contribution in [0.1, 0.15) is 5.56 Å². The van der Waals surface area contributed by atoms with Gasteiger partial charge in [0, 0.05) is 29.5 Å². The fourth-order valence-corrected chi connectivity index (χ4v) is 2.75. The number of nitrogens with one attached hydrogen (secondary N) is 1. The summed E-state index contributed by atoms with van der Waals surface area (Å²) in [6.45, 7) is 5.12. The molecule has 1 heterocycles. The van der Waals surface area contributed by atoms with Crippen molar-refractivity contribution in [2.45, 2.75) is 6.92 Å². The second kappa shape index (κ2) is 8.23. The summed E-state index contributed by atoms with van der Waals surface area (Å²) in [4.78, 5) is 14.3. The minimum absolute atomic E-state index is 0.0493. The number of ether oxygens (including phenoxy) is 2. The summed E-state index contributed by atoms with van der Waals surface area (Å²) in [5, 5.41) is 3.51. The number of hydrogen-bond acceptors (Lipinski definition) is 4. The van der Waals surface area contributed by atoms with Crippen molar-refractivity contribution in [1.82, 2.24) is 0 Å². The molecule has 1 fully saturated rings. The molecule has 0 aliphatic carbocycles. The predicted octanol–water partition coefficient (Wildman–Crippen LogP) is 3.50. The Bertz CT molecular complexity index is 728. The smallest absolute Gasteiger partial charge is 0.262 e. The Labute approximate surface area is 152 Å². The van der Waals surface area contributed by atoms with Crippen molar-refractivity contribution in [3.05, 3.63) is 53.1 Å². The molecule has 0 bridgehead atoms. The normalized spacial score (nSPS) is 14.2. The van der Waals surface area contributed by atoms with Gasteiger partial charge in [0.15, 0.2) is 6.61 Å². The Morgan fingerprint density at radius 3 is 2.60 bits per heavy atom. The van der Waals surface area contributed by atoms with Crippen molar-refractivity contribution in [3.8, 4) is 5.75 Å². The standard InChI is InChI=1S/C19H21ClN2O3/c1-14-12-17(6-7-18(14)20)25-13-19(23)21-15-2-4-16(5-3-15)22-8-10-24-11-9-22/h2-7,12H,8-11,13H2,1H3,(H,21,23). The summed E-state index contributed by atoms with van der Waals surface area (Å²) in [6, 6.07) is 13.1. The van der Waals surface area contributed by atoms with E-state index in [0.29, 0.717) is 10.8 Å². The molecule has 0 atom stereocenters. The lowest BCUT2D eigenvalue weighted by molar-refractivity contribution is -0.118. The summed E-state index contributed by atoms with van der Waals surface area (Å²) in [5.41, 5.74) is 2.80. The van der Waals surface area contributed by atoms with Gasteiger partial charge in [-0.2, -0.15) is 0 Å². The van der Waals surface area contributed by atoms with Crippen molar-refractivity contribution in [1.29, 1.82) is 0 Å². The van der Waals surface area contributed by atoms with E-state index in [-0.39, 0.29) is 12.5 Å². The highest BCUT2D eigenvalue weighted by atomic mass is 35.5. The lowest BCUT2D eigenvalue weighted by Gasteiger charge is -2.28. The molecule has 0 spiro atoms. The minimum atomic E-state index is -0.202. The molecule has 0 saturated carbocycles. The topological polar surface area (TPSA) is 50.8 Å². The van der Waals surface area contributed by atoms with Crippen molar-refractivity contribution >= 4 is 28.9 Å². The molecule has 0 unspecified atom stereocenters. The molecule has 25 heavy (non-hydrogen) atoms. The van der Waals surface area contributed by atoms with Gasteiger partial charge in [-0.05, 0) is 55.0 Å². The van der Waals surface area contributed by atoms with Crippen molar-refractivity contribution < 1.29 is 14.3 Å². The van der Waals surface area contributed by atoms with Gasteiger partial charge in [0.2, 0.25) is 0 Å². The van der Waals surface area contributed by atoms with E-state index in [1.807, 2.05) is 37.3 Å². The van der Waals surface area contributed by atoms with E-state index in [2.05, 4.69) is 10.2 Å².